The number of aromatic nitrogens is 2. The summed E-state index contributed by atoms with van der Waals surface area (Å²) in [5, 5.41) is 8.77. The van der Waals surface area contributed by atoms with E-state index in [1.54, 1.807) is 18.9 Å². The molecule has 20 heavy (non-hydrogen) atoms. The summed E-state index contributed by atoms with van der Waals surface area (Å²) in [6.45, 7) is 1.91. The third-order valence-electron chi connectivity index (χ3n) is 3.23. The number of methoxy groups -OCH3 is 1. The lowest BCUT2D eigenvalue weighted by atomic mass is 10.2. The van der Waals surface area contributed by atoms with Crippen molar-refractivity contribution in [3.63, 3.8) is 0 Å². The maximum Gasteiger partial charge on any atom is 0.328 e. The first-order chi connectivity index (χ1) is 9.51. The van der Waals surface area contributed by atoms with Crippen LogP contribution in [-0.2, 0) is 9.53 Å². The largest absolute Gasteiger partial charge is 0.467 e. The second kappa shape index (κ2) is 5.21. The summed E-state index contributed by atoms with van der Waals surface area (Å²) < 4.78 is 6.16. The molecule has 1 aliphatic rings. The minimum absolute atomic E-state index is 0.0135. The van der Waals surface area contributed by atoms with Gasteiger partial charge in [0, 0.05) is 7.05 Å². The molecule has 0 spiro atoms. The molecule has 0 aromatic carbocycles. The molecule has 0 radical (unpaired) electrons. The van der Waals surface area contributed by atoms with E-state index in [1.165, 1.54) is 22.9 Å². The van der Waals surface area contributed by atoms with Crippen molar-refractivity contribution in [3.8, 4) is 6.07 Å². The molecule has 2 rings (SSSR count). The van der Waals surface area contributed by atoms with Gasteiger partial charge in [-0.25, -0.2) is 9.78 Å². The van der Waals surface area contributed by atoms with Crippen LogP contribution in [0.2, 0.25) is 0 Å². The first-order valence-electron chi connectivity index (χ1n) is 6.03. The number of fused-ring (bicyclic) bond motifs is 1. The summed E-state index contributed by atoms with van der Waals surface area (Å²) in [6.07, 6.45) is 1.44. The number of rotatable bonds is 3. The molecule has 1 aromatic rings. The van der Waals surface area contributed by atoms with Gasteiger partial charge in [-0.1, -0.05) is 0 Å². The number of nitrogens with zero attached hydrogens (tertiary/aromatic N) is 5. The Morgan fingerprint density at radius 1 is 1.65 bits per heavy atom. The average Bonchev–Trinajstić information content (AvgIpc) is 2.88. The fraction of sp³-hybridized carbons (Fsp3) is 0.500. The Morgan fingerprint density at radius 2 is 2.35 bits per heavy atom. The fourth-order valence-corrected chi connectivity index (χ4v) is 2.16. The van der Waals surface area contributed by atoms with E-state index in [-0.39, 0.29) is 12.5 Å². The maximum atomic E-state index is 12.4. The minimum atomic E-state index is -0.657. The molecule has 1 atom stereocenters. The van der Waals surface area contributed by atoms with E-state index in [0.717, 1.165) is 0 Å². The first kappa shape index (κ1) is 13.9. The van der Waals surface area contributed by atoms with Gasteiger partial charge in [0.05, 0.1) is 26.2 Å². The van der Waals surface area contributed by atoms with E-state index in [9.17, 15) is 9.59 Å². The number of hydrogen-bond donors (Lipinski definition) is 0. The first-order valence-corrected chi connectivity index (χ1v) is 6.03. The third-order valence-corrected chi connectivity index (χ3v) is 3.23. The Morgan fingerprint density at radius 3 is 2.95 bits per heavy atom. The van der Waals surface area contributed by atoms with Crippen LogP contribution in [0.1, 0.15) is 23.5 Å². The van der Waals surface area contributed by atoms with Crippen LogP contribution < -0.4 is 4.90 Å². The number of imidazole rings is 1. The summed E-state index contributed by atoms with van der Waals surface area (Å²) in [5.74, 6) is -0.272. The van der Waals surface area contributed by atoms with Crippen molar-refractivity contribution in [1.29, 1.82) is 5.26 Å². The van der Waals surface area contributed by atoms with Crippen LogP contribution >= 0.6 is 0 Å². The van der Waals surface area contributed by atoms with Crippen LogP contribution in [0.4, 0.5) is 5.82 Å². The zero-order valence-electron chi connectivity index (χ0n) is 11.5. The Labute approximate surface area is 116 Å². The number of esters is 1. The van der Waals surface area contributed by atoms with Gasteiger partial charge in [0.15, 0.2) is 11.5 Å². The van der Waals surface area contributed by atoms with E-state index in [2.05, 4.69) is 9.72 Å². The molecule has 106 valence electrons. The van der Waals surface area contributed by atoms with Gasteiger partial charge < -0.3 is 19.1 Å². The Hall–Kier alpha value is -2.56. The quantitative estimate of drug-likeness (QED) is 0.570. The summed E-state index contributed by atoms with van der Waals surface area (Å²) in [7, 11) is 3.06. The van der Waals surface area contributed by atoms with E-state index in [1.807, 2.05) is 6.07 Å². The van der Waals surface area contributed by atoms with Crippen LogP contribution in [0.15, 0.2) is 6.33 Å². The molecule has 8 heteroatoms. The number of carbonyl (C=O) groups is 2. The summed E-state index contributed by atoms with van der Waals surface area (Å²) in [6, 6.07) is 1.29. The predicted molar refractivity (Wildman–Crippen MR) is 68.9 cm³/mol. The topological polar surface area (TPSA) is 91.5 Å². The van der Waals surface area contributed by atoms with E-state index in [4.69, 9.17) is 5.26 Å². The monoisotopic (exact) mass is 277 g/mol. The third kappa shape index (κ3) is 2.07. The van der Waals surface area contributed by atoms with Crippen molar-refractivity contribution in [3.05, 3.63) is 12.0 Å². The van der Waals surface area contributed by atoms with Crippen molar-refractivity contribution in [2.45, 2.75) is 13.0 Å². The van der Waals surface area contributed by atoms with Crippen molar-refractivity contribution < 1.29 is 14.3 Å². The summed E-state index contributed by atoms with van der Waals surface area (Å²) >= 11 is 0. The molecule has 0 saturated carbocycles. The lowest BCUT2D eigenvalue weighted by Crippen LogP contribution is -2.46. The number of ether oxygens (including phenoxy) is 1. The van der Waals surface area contributed by atoms with E-state index >= 15 is 0 Å². The summed E-state index contributed by atoms with van der Waals surface area (Å²) in [5.41, 5.74) is 0.298. The molecule has 0 fully saturated rings. The zero-order chi connectivity index (χ0) is 14.9. The number of nitriles is 1. The predicted octanol–water partition coefficient (Wildman–Crippen LogP) is -0.00982. The van der Waals surface area contributed by atoms with Gasteiger partial charge in [0.25, 0.3) is 5.91 Å². The molecular weight excluding hydrogens is 262 g/mol. The van der Waals surface area contributed by atoms with Gasteiger partial charge in [-0.2, -0.15) is 5.26 Å². The molecule has 1 aliphatic heterocycles. The maximum absolute atomic E-state index is 12.4. The zero-order valence-corrected chi connectivity index (χ0v) is 11.5. The molecule has 8 nitrogen and oxygen atoms in total. The van der Waals surface area contributed by atoms with E-state index in [0.29, 0.717) is 18.2 Å². The SMILES string of the molecule is COC(=O)[C@H](C)n1cnc2c1C(=O)N(CC#N)CN2C. The summed E-state index contributed by atoms with van der Waals surface area (Å²) in [4.78, 5) is 31.3. The van der Waals surface area contributed by atoms with Gasteiger partial charge in [-0.15, -0.1) is 0 Å². The van der Waals surface area contributed by atoms with Crippen LogP contribution in [0.25, 0.3) is 0 Å². The average molecular weight is 277 g/mol. The number of anilines is 1. The minimum Gasteiger partial charge on any atom is -0.467 e. The van der Waals surface area contributed by atoms with E-state index < -0.39 is 12.0 Å². The van der Waals surface area contributed by atoms with Crippen LogP contribution in [0, 0.1) is 11.3 Å². The molecule has 0 bridgehead atoms. The lowest BCUT2D eigenvalue weighted by molar-refractivity contribution is -0.144. The molecular formula is C12H15N5O3. The highest BCUT2D eigenvalue weighted by Gasteiger charge is 2.34. The fourth-order valence-electron chi connectivity index (χ4n) is 2.16. The van der Waals surface area contributed by atoms with Gasteiger partial charge in [0.1, 0.15) is 12.6 Å². The Bertz CT molecular complexity index is 588. The second-order valence-electron chi connectivity index (χ2n) is 4.52. The van der Waals surface area contributed by atoms with Crippen LogP contribution in [0.3, 0.4) is 0 Å². The van der Waals surface area contributed by atoms with Crippen molar-refractivity contribution in [2.75, 3.05) is 32.3 Å². The molecule has 1 aromatic heterocycles. The van der Waals surface area contributed by atoms with Crippen LogP contribution in [-0.4, -0.2) is 53.7 Å². The Kier molecular flexibility index (Phi) is 3.61. The normalized spacial score (nSPS) is 15.6. The molecule has 2 heterocycles. The van der Waals surface area contributed by atoms with Gasteiger partial charge in [0.2, 0.25) is 0 Å². The molecule has 0 saturated heterocycles. The van der Waals surface area contributed by atoms with Crippen molar-refractivity contribution in [1.82, 2.24) is 14.5 Å². The molecule has 0 N–H and O–H groups in total. The highest BCUT2D eigenvalue weighted by molar-refractivity contribution is 5.99. The highest BCUT2D eigenvalue weighted by Crippen LogP contribution is 2.27. The van der Waals surface area contributed by atoms with Crippen molar-refractivity contribution >= 4 is 17.7 Å². The smallest absolute Gasteiger partial charge is 0.328 e. The van der Waals surface area contributed by atoms with Gasteiger partial charge in [-0.3, -0.25) is 4.79 Å². The molecule has 0 unspecified atom stereocenters. The highest BCUT2D eigenvalue weighted by atomic mass is 16.5. The number of amides is 1. The Balaban J connectivity index is 2.44. The number of hydrogen-bond acceptors (Lipinski definition) is 6. The van der Waals surface area contributed by atoms with Gasteiger partial charge >= 0.3 is 5.97 Å². The van der Waals surface area contributed by atoms with Gasteiger partial charge in [-0.05, 0) is 6.92 Å². The standard InChI is InChI=1S/C12H15N5O3/c1-8(12(19)20-3)17-6-14-10-9(17)11(18)16(5-4-13)7-15(10)2/h6,8H,5,7H2,1-3H3/t8-/m0/s1. The second-order valence-corrected chi connectivity index (χ2v) is 4.52. The van der Waals surface area contributed by atoms with Crippen molar-refractivity contribution in [2.24, 2.45) is 0 Å². The molecule has 0 aliphatic carbocycles. The van der Waals surface area contributed by atoms with Crippen LogP contribution in [0.5, 0.6) is 0 Å². The number of carbonyl (C=O) groups excluding carboxylic acids is 2. The molecule has 1 amide bonds. The lowest BCUT2D eigenvalue weighted by Gasteiger charge is -2.32.